The summed E-state index contributed by atoms with van der Waals surface area (Å²) in [7, 11) is -2.58. The first-order valence-electron chi connectivity index (χ1n) is 5.12. The molecule has 0 aliphatic heterocycles. The van der Waals surface area contributed by atoms with Crippen molar-refractivity contribution in [2.45, 2.75) is 10.4 Å². The second kappa shape index (κ2) is 5.92. The number of alkyl halides is 3. The van der Waals surface area contributed by atoms with Gasteiger partial charge in [-0.3, -0.25) is 0 Å². The molecule has 0 aliphatic carbocycles. The van der Waals surface area contributed by atoms with Crippen LogP contribution in [-0.2, 0) is 8.87 Å². The first-order valence-corrected chi connectivity index (χ1v) is 7.94. The molecule has 0 fully saturated rings. The number of rotatable bonds is 3. The molecule has 0 bridgehead atoms. The Morgan fingerprint density at radius 3 is 2.10 bits per heavy atom. The number of carbonyl (C=O) groups excluding carboxylic acids is 1. The number of urea groups is 1. The molecule has 5 nitrogen and oxygen atoms in total. The molecule has 0 radical (unpaired) electrons. The SMILES string of the molecule is CN(C)C(=O)Nc1ccc(S(=O)(=O)SC(F)(F)F)cc1. The van der Waals surface area contributed by atoms with Crippen molar-refractivity contribution in [3.8, 4) is 0 Å². The van der Waals surface area contributed by atoms with E-state index in [1.54, 1.807) is 0 Å². The summed E-state index contributed by atoms with van der Waals surface area (Å²) in [6.45, 7) is 0. The van der Waals surface area contributed by atoms with Gasteiger partial charge in [-0.1, -0.05) is 0 Å². The molecule has 112 valence electrons. The lowest BCUT2D eigenvalue weighted by Crippen LogP contribution is -2.27. The Labute approximate surface area is 117 Å². The third kappa shape index (κ3) is 4.93. The van der Waals surface area contributed by atoms with Crippen molar-refractivity contribution < 1.29 is 26.4 Å². The van der Waals surface area contributed by atoms with E-state index >= 15 is 0 Å². The zero-order valence-corrected chi connectivity index (χ0v) is 12.1. The summed E-state index contributed by atoms with van der Waals surface area (Å²) in [4.78, 5) is 12.1. The van der Waals surface area contributed by atoms with Crippen LogP contribution in [0.1, 0.15) is 0 Å². The fourth-order valence-electron chi connectivity index (χ4n) is 1.11. The Morgan fingerprint density at radius 2 is 1.70 bits per heavy atom. The monoisotopic (exact) mass is 328 g/mol. The minimum atomic E-state index is -4.88. The highest BCUT2D eigenvalue weighted by atomic mass is 33.1. The lowest BCUT2D eigenvalue weighted by molar-refractivity contribution is -0.0312. The van der Waals surface area contributed by atoms with Crippen molar-refractivity contribution in [3.05, 3.63) is 24.3 Å². The zero-order chi connectivity index (χ0) is 15.6. The molecule has 0 heterocycles. The second-order valence-electron chi connectivity index (χ2n) is 3.83. The fourth-order valence-corrected chi connectivity index (χ4v) is 3.30. The van der Waals surface area contributed by atoms with Crippen molar-refractivity contribution in [1.29, 1.82) is 0 Å². The maximum Gasteiger partial charge on any atom is 0.456 e. The average Bonchev–Trinajstić information content (AvgIpc) is 2.26. The molecule has 1 rings (SSSR count). The highest BCUT2D eigenvalue weighted by Gasteiger charge is 2.37. The largest absolute Gasteiger partial charge is 0.456 e. The van der Waals surface area contributed by atoms with E-state index in [-0.39, 0.29) is 5.69 Å². The minimum absolute atomic E-state index is 0.277. The normalized spacial score (nSPS) is 12.1. The van der Waals surface area contributed by atoms with Gasteiger partial charge in [-0.2, -0.15) is 13.2 Å². The minimum Gasteiger partial charge on any atom is -0.331 e. The summed E-state index contributed by atoms with van der Waals surface area (Å²) in [5.41, 5.74) is -4.60. The van der Waals surface area contributed by atoms with Crippen molar-refractivity contribution in [1.82, 2.24) is 4.90 Å². The molecule has 0 aliphatic rings. The van der Waals surface area contributed by atoms with E-state index in [0.29, 0.717) is 0 Å². The summed E-state index contributed by atoms with van der Waals surface area (Å²) < 4.78 is 59.2. The molecule has 0 spiro atoms. The van der Waals surface area contributed by atoms with Crippen LogP contribution in [0.3, 0.4) is 0 Å². The maximum absolute atomic E-state index is 12.1. The summed E-state index contributed by atoms with van der Waals surface area (Å²) in [6, 6.07) is 3.99. The Morgan fingerprint density at radius 1 is 1.20 bits per heavy atom. The Bertz CT molecular complexity index is 583. The number of benzene rings is 1. The molecule has 10 heteroatoms. The van der Waals surface area contributed by atoms with Crippen molar-refractivity contribution >= 4 is 31.4 Å². The van der Waals surface area contributed by atoms with Gasteiger partial charge >= 0.3 is 11.5 Å². The van der Waals surface area contributed by atoms with Gasteiger partial charge in [0.1, 0.15) is 0 Å². The summed E-state index contributed by atoms with van der Waals surface area (Å²) >= 11 is 0. The molecule has 0 atom stereocenters. The quantitative estimate of drug-likeness (QED) is 0.867. The number of nitrogens with zero attached hydrogens (tertiary/aromatic N) is 1. The van der Waals surface area contributed by atoms with E-state index in [1.165, 1.54) is 31.1 Å². The molecule has 0 aromatic heterocycles. The molecule has 1 aromatic carbocycles. The predicted molar refractivity (Wildman–Crippen MR) is 70.0 cm³/mol. The molecular formula is C10H11F3N2O3S2. The lowest BCUT2D eigenvalue weighted by atomic mass is 10.3. The number of hydrogen-bond acceptors (Lipinski definition) is 4. The van der Waals surface area contributed by atoms with E-state index < -0.39 is 36.1 Å². The molecule has 1 aromatic rings. The van der Waals surface area contributed by atoms with Gasteiger partial charge in [0.2, 0.25) is 8.87 Å². The van der Waals surface area contributed by atoms with Crippen LogP contribution in [0.5, 0.6) is 0 Å². The molecule has 0 saturated carbocycles. The van der Waals surface area contributed by atoms with Gasteiger partial charge in [-0.05, 0) is 24.3 Å². The van der Waals surface area contributed by atoms with Gasteiger partial charge in [0.25, 0.3) is 0 Å². The Balaban J connectivity index is 2.89. The van der Waals surface area contributed by atoms with Crippen LogP contribution in [0, 0.1) is 0 Å². The lowest BCUT2D eigenvalue weighted by Gasteiger charge is -2.12. The van der Waals surface area contributed by atoms with Crippen molar-refractivity contribution in [2.75, 3.05) is 19.4 Å². The molecule has 2 amide bonds. The Kier molecular flexibility index (Phi) is 4.92. The maximum atomic E-state index is 12.1. The topological polar surface area (TPSA) is 66.5 Å². The standard InChI is InChI=1S/C10H11F3N2O3S2/c1-15(2)9(16)14-7-3-5-8(6-4-7)20(17,18)19-10(11,12)13/h3-6H,1-2H3,(H,14,16). The first-order chi connectivity index (χ1) is 9.01. The van der Waals surface area contributed by atoms with Crippen LogP contribution in [0.2, 0.25) is 0 Å². The third-order valence-electron chi connectivity index (χ3n) is 2.00. The van der Waals surface area contributed by atoms with Crippen LogP contribution in [0.15, 0.2) is 29.2 Å². The van der Waals surface area contributed by atoms with E-state index in [2.05, 4.69) is 5.32 Å². The Hall–Kier alpha value is -1.42. The van der Waals surface area contributed by atoms with Crippen LogP contribution < -0.4 is 5.32 Å². The summed E-state index contributed by atoms with van der Waals surface area (Å²) in [6.07, 6.45) is 0. The van der Waals surface area contributed by atoms with Crippen LogP contribution in [0.25, 0.3) is 0 Å². The average molecular weight is 328 g/mol. The first kappa shape index (κ1) is 16.6. The third-order valence-corrected chi connectivity index (χ3v) is 5.07. The molecular weight excluding hydrogens is 317 g/mol. The number of nitrogens with one attached hydrogen (secondary N) is 1. The highest BCUT2D eigenvalue weighted by Crippen LogP contribution is 2.38. The smallest absolute Gasteiger partial charge is 0.331 e. The molecule has 0 saturated heterocycles. The van der Waals surface area contributed by atoms with Crippen molar-refractivity contribution in [3.63, 3.8) is 0 Å². The fraction of sp³-hybridized carbons (Fsp3) is 0.300. The highest BCUT2D eigenvalue weighted by molar-refractivity contribution is 8.72. The van der Waals surface area contributed by atoms with Gasteiger partial charge in [-0.15, -0.1) is 0 Å². The van der Waals surface area contributed by atoms with E-state index in [9.17, 15) is 26.4 Å². The number of hydrogen-bond donors (Lipinski definition) is 1. The van der Waals surface area contributed by atoms with E-state index in [4.69, 9.17) is 0 Å². The number of amides is 2. The number of carbonyl (C=O) groups is 1. The van der Waals surface area contributed by atoms with E-state index in [1.807, 2.05) is 0 Å². The van der Waals surface area contributed by atoms with Crippen LogP contribution in [-0.4, -0.2) is 39.0 Å². The summed E-state index contributed by atoms with van der Waals surface area (Å²) in [5.74, 6) is 0. The van der Waals surface area contributed by atoms with E-state index in [0.717, 1.165) is 12.1 Å². The van der Waals surface area contributed by atoms with Crippen LogP contribution in [0.4, 0.5) is 23.7 Å². The molecule has 20 heavy (non-hydrogen) atoms. The number of halogens is 3. The van der Waals surface area contributed by atoms with Gasteiger partial charge in [0.05, 0.1) is 15.7 Å². The van der Waals surface area contributed by atoms with Crippen molar-refractivity contribution in [2.24, 2.45) is 0 Å². The summed E-state index contributed by atoms with van der Waals surface area (Å²) in [5, 5.41) is 2.43. The second-order valence-corrected chi connectivity index (χ2v) is 7.66. The van der Waals surface area contributed by atoms with Gasteiger partial charge in [0.15, 0.2) is 0 Å². The van der Waals surface area contributed by atoms with Gasteiger partial charge < -0.3 is 10.2 Å². The molecule has 0 unspecified atom stereocenters. The molecule has 1 N–H and O–H groups in total. The van der Waals surface area contributed by atoms with Gasteiger partial charge in [0, 0.05) is 19.8 Å². The predicted octanol–water partition coefficient (Wildman–Crippen LogP) is 2.72. The van der Waals surface area contributed by atoms with Gasteiger partial charge in [-0.25, -0.2) is 13.2 Å². The number of anilines is 1. The zero-order valence-electron chi connectivity index (χ0n) is 10.4. The van der Waals surface area contributed by atoms with Crippen LogP contribution >= 0.6 is 10.8 Å².